The van der Waals surface area contributed by atoms with Crippen molar-refractivity contribution in [2.24, 2.45) is 0 Å². The summed E-state index contributed by atoms with van der Waals surface area (Å²) < 4.78 is 0. The summed E-state index contributed by atoms with van der Waals surface area (Å²) in [5.41, 5.74) is 3.04. The van der Waals surface area contributed by atoms with Gasteiger partial charge in [-0.15, -0.1) is 0 Å². The van der Waals surface area contributed by atoms with Crippen molar-refractivity contribution in [1.29, 1.82) is 0 Å². The molecule has 15 heavy (non-hydrogen) atoms. The number of aliphatic hydroxyl groups excluding tert-OH is 1. The smallest absolute Gasteiger partial charge is 0.0787 e. The summed E-state index contributed by atoms with van der Waals surface area (Å²) in [7, 11) is 0. The number of aromatic nitrogens is 2. The molecule has 3 heteroatoms. The highest BCUT2D eigenvalue weighted by Gasteiger charge is 2.04. The summed E-state index contributed by atoms with van der Waals surface area (Å²) in [5, 5.41) is 16.4. The van der Waals surface area contributed by atoms with E-state index in [0.717, 1.165) is 23.2 Å². The number of H-pyrrole nitrogens is 1. The summed E-state index contributed by atoms with van der Waals surface area (Å²) in [6, 6.07) is 9.80. The van der Waals surface area contributed by atoms with Gasteiger partial charge < -0.3 is 5.11 Å². The lowest BCUT2D eigenvalue weighted by molar-refractivity contribution is 0.173. The zero-order valence-electron chi connectivity index (χ0n) is 8.64. The summed E-state index contributed by atoms with van der Waals surface area (Å²) >= 11 is 0. The van der Waals surface area contributed by atoms with Gasteiger partial charge in [0.15, 0.2) is 0 Å². The average Bonchev–Trinajstić information content (AvgIpc) is 2.82. The van der Waals surface area contributed by atoms with E-state index in [4.69, 9.17) is 0 Å². The van der Waals surface area contributed by atoms with Crippen LogP contribution in [0.15, 0.2) is 36.5 Å². The monoisotopic (exact) mass is 202 g/mol. The molecule has 1 aromatic heterocycles. The first kappa shape index (κ1) is 9.93. The Labute approximate surface area is 88.8 Å². The number of rotatable bonds is 3. The fourth-order valence-corrected chi connectivity index (χ4v) is 1.54. The molecule has 0 amide bonds. The van der Waals surface area contributed by atoms with Crippen LogP contribution in [0.4, 0.5) is 0 Å². The zero-order valence-corrected chi connectivity index (χ0v) is 8.64. The van der Waals surface area contributed by atoms with Gasteiger partial charge in [0.2, 0.25) is 0 Å². The molecule has 2 rings (SSSR count). The van der Waals surface area contributed by atoms with Crippen molar-refractivity contribution in [3.8, 4) is 11.3 Å². The standard InChI is InChI=1S/C12H14N2O/c1-2-12(15)10-5-3-9(4-6-10)11-7-8-13-14-11/h3-8,12,15H,2H2,1H3,(H,13,14)/t12-/m1/s1. The molecule has 0 bridgehead atoms. The van der Waals surface area contributed by atoms with Crippen LogP contribution in [0.3, 0.4) is 0 Å². The minimum Gasteiger partial charge on any atom is -0.388 e. The molecule has 0 aliphatic rings. The molecular weight excluding hydrogens is 188 g/mol. The Morgan fingerprint density at radius 3 is 2.53 bits per heavy atom. The van der Waals surface area contributed by atoms with E-state index >= 15 is 0 Å². The van der Waals surface area contributed by atoms with E-state index < -0.39 is 0 Å². The number of hydrogen-bond acceptors (Lipinski definition) is 2. The predicted octanol–water partition coefficient (Wildman–Crippen LogP) is 2.52. The van der Waals surface area contributed by atoms with Gasteiger partial charge in [0.1, 0.15) is 0 Å². The molecule has 0 aliphatic carbocycles. The van der Waals surface area contributed by atoms with Crippen LogP contribution in [0.5, 0.6) is 0 Å². The van der Waals surface area contributed by atoms with Crippen molar-refractivity contribution in [3.05, 3.63) is 42.1 Å². The molecule has 3 nitrogen and oxygen atoms in total. The minimum absolute atomic E-state index is 0.360. The molecule has 78 valence electrons. The molecule has 1 heterocycles. The van der Waals surface area contributed by atoms with Gasteiger partial charge in [-0.2, -0.15) is 5.10 Å². The Balaban J connectivity index is 2.25. The quantitative estimate of drug-likeness (QED) is 0.803. The van der Waals surface area contributed by atoms with Gasteiger partial charge in [-0.05, 0) is 23.6 Å². The molecule has 1 aromatic carbocycles. The van der Waals surface area contributed by atoms with E-state index in [1.165, 1.54) is 0 Å². The van der Waals surface area contributed by atoms with E-state index in [0.29, 0.717) is 0 Å². The molecule has 0 saturated carbocycles. The van der Waals surface area contributed by atoms with Crippen molar-refractivity contribution in [1.82, 2.24) is 10.2 Å². The summed E-state index contributed by atoms with van der Waals surface area (Å²) in [5.74, 6) is 0. The Kier molecular flexibility index (Phi) is 2.83. The Morgan fingerprint density at radius 1 is 1.27 bits per heavy atom. The summed E-state index contributed by atoms with van der Waals surface area (Å²) in [4.78, 5) is 0. The maximum absolute atomic E-state index is 9.63. The van der Waals surface area contributed by atoms with Crippen molar-refractivity contribution >= 4 is 0 Å². The van der Waals surface area contributed by atoms with Crippen molar-refractivity contribution in [2.45, 2.75) is 19.4 Å². The van der Waals surface area contributed by atoms with Crippen LogP contribution in [0.25, 0.3) is 11.3 Å². The average molecular weight is 202 g/mol. The molecule has 0 radical (unpaired) electrons. The molecule has 0 spiro atoms. The molecule has 2 aromatic rings. The van der Waals surface area contributed by atoms with Crippen LogP contribution in [0.2, 0.25) is 0 Å². The second-order valence-corrected chi connectivity index (χ2v) is 3.52. The van der Waals surface area contributed by atoms with Gasteiger partial charge in [0.05, 0.1) is 11.8 Å². The molecule has 0 saturated heterocycles. The minimum atomic E-state index is -0.360. The highest BCUT2D eigenvalue weighted by molar-refractivity contribution is 5.58. The van der Waals surface area contributed by atoms with E-state index in [1.807, 2.05) is 37.3 Å². The maximum atomic E-state index is 9.63. The van der Waals surface area contributed by atoms with E-state index in [9.17, 15) is 5.11 Å². The lowest BCUT2D eigenvalue weighted by atomic mass is 10.0. The number of nitrogens with zero attached hydrogens (tertiary/aromatic N) is 1. The number of nitrogens with one attached hydrogen (secondary N) is 1. The first-order valence-electron chi connectivity index (χ1n) is 5.09. The molecule has 1 atom stereocenters. The highest BCUT2D eigenvalue weighted by atomic mass is 16.3. The molecule has 2 N–H and O–H groups in total. The Bertz CT molecular complexity index is 406. The molecular formula is C12H14N2O. The zero-order chi connectivity index (χ0) is 10.7. The second kappa shape index (κ2) is 4.28. The van der Waals surface area contributed by atoms with Gasteiger partial charge in [0.25, 0.3) is 0 Å². The third-order valence-corrected chi connectivity index (χ3v) is 2.49. The summed E-state index contributed by atoms with van der Waals surface area (Å²) in [6.45, 7) is 1.97. The first-order valence-corrected chi connectivity index (χ1v) is 5.09. The molecule has 0 fully saturated rings. The van der Waals surface area contributed by atoms with Gasteiger partial charge in [-0.25, -0.2) is 0 Å². The van der Waals surface area contributed by atoms with E-state index in [1.54, 1.807) is 6.20 Å². The fraction of sp³-hybridized carbons (Fsp3) is 0.250. The number of aromatic amines is 1. The highest BCUT2D eigenvalue weighted by Crippen LogP contribution is 2.21. The van der Waals surface area contributed by atoms with Crippen molar-refractivity contribution < 1.29 is 5.11 Å². The van der Waals surface area contributed by atoms with Gasteiger partial charge >= 0.3 is 0 Å². The Hall–Kier alpha value is -1.61. The van der Waals surface area contributed by atoms with Crippen LogP contribution >= 0.6 is 0 Å². The Morgan fingerprint density at radius 2 is 2.00 bits per heavy atom. The topological polar surface area (TPSA) is 48.9 Å². The number of benzene rings is 1. The van der Waals surface area contributed by atoms with E-state index in [2.05, 4.69) is 10.2 Å². The summed E-state index contributed by atoms with van der Waals surface area (Å²) in [6.07, 6.45) is 2.11. The lowest BCUT2D eigenvalue weighted by Crippen LogP contribution is -1.94. The first-order chi connectivity index (χ1) is 7.31. The van der Waals surface area contributed by atoms with Crippen LogP contribution < -0.4 is 0 Å². The number of hydrogen-bond donors (Lipinski definition) is 2. The number of aliphatic hydroxyl groups is 1. The van der Waals surface area contributed by atoms with Crippen LogP contribution in [-0.2, 0) is 0 Å². The van der Waals surface area contributed by atoms with Crippen LogP contribution in [-0.4, -0.2) is 15.3 Å². The lowest BCUT2D eigenvalue weighted by Gasteiger charge is -2.08. The third-order valence-electron chi connectivity index (χ3n) is 2.49. The largest absolute Gasteiger partial charge is 0.388 e. The molecule has 0 aliphatic heterocycles. The normalized spacial score (nSPS) is 12.7. The van der Waals surface area contributed by atoms with Crippen LogP contribution in [0.1, 0.15) is 25.0 Å². The fourth-order valence-electron chi connectivity index (χ4n) is 1.54. The van der Waals surface area contributed by atoms with Crippen molar-refractivity contribution in [2.75, 3.05) is 0 Å². The SMILES string of the molecule is CC[C@@H](O)c1ccc(-c2ccn[nH]2)cc1. The second-order valence-electron chi connectivity index (χ2n) is 3.52. The van der Waals surface area contributed by atoms with Gasteiger partial charge in [-0.1, -0.05) is 31.2 Å². The maximum Gasteiger partial charge on any atom is 0.0787 e. The van der Waals surface area contributed by atoms with Crippen LogP contribution in [0, 0.1) is 0 Å². The van der Waals surface area contributed by atoms with Crippen molar-refractivity contribution in [3.63, 3.8) is 0 Å². The molecule has 0 unspecified atom stereocenters. The predicted molar refractivity (Wildman–Crippen MR) is 59.3 cm³/mol. The van der Waals surface area contributed by atoms with Gasteiger partial charge in [-0.3, -0.25) is 5.10 Å². The third kappa shape index (κ3) is 2.07. The van der Waals surface area contributed by atoms with E-state index in [-0.39, 0.29) is 6.10 Å². The van der Waals surface area contributed by atoms with Gasteiger partial charge in [0, 0.05) is 6.20 Å².